The average molecular weight is 258 g/mol. The van der Waals surface area contributed by atoms with Crippen LogP contribution in [0.25, 0.3) is 0 Å². The van der Waals surface area contributed by atoms with E-state index in [4.69, 9.17) is 0 Å². The van der Waals surface area contributed by atoms with Gasteiger partial charge in [0.25, 0.3) is 0 Å². The Morgan fingerprint density at radius 1 is 2.00 bits per heavy atom. The summed E-state index contributed by atoms with van der Waals surface area (Å²) in [6, 6.07) is 0. The zero-order valence-corrected chi connectivity index (χ0v) is 10.0. The van der Waals surface area contributed by atoms with Gasteiger partial charge in [0, 0.05) is 0 Å². The summed E-state index contributed by atoms with van der Waals surface area (Å²) >= 11 is 5.13. The predicted molar refractivity (Wildman–Crippen MR) is 35.1 cm³/mol. The van der Waals surface area contributed by atoms with E-state index in [1.165, 1.54) is 23.0 Å². The van der Waals surface area contributed by atoms with E-state index in [0.717, 1.165) is 0 Å². The molecule has 0 amide bonds. The molecular weight excluding hydrogens is 254 g/mol. The van der Waals surface area contributed by atoms with Crippen molar-refractivity contribution >= 4 is 41.6 Å². The summed E-state index contributed by atoms with van der Waals surface area (Å²) in [5.41, 5.74) is 0. The molecule has 0 bridgehead atoms. The predicted octanol–water partition coefficient (Wildman–Crippen LogP) is -2.07. The summed E-state index contributed by atoms with van der Waals surface area (Å²) in [6.07, 6.45) is 0. The summed E-state index contributed by atoms with van der Waals surface area (Å²) < 4.78 is 4.15. The van der Waals surface area contributed by atoms with Gasteiger partial charge in [-0.2, -0.15) is 12.6 Å². The molecule has 0 spiro atoms. The number of halogens is 1. The molecule has 2 nitrogen and oxygen atoms in total. The first-order valence-electron chi connectivity index (χ1n) is 1.23. The van der Waals surface area contributed by atoms with Gasteiger partial charge in [0.1, 0.15) is 0 Å². The molecule has 0 rings (SSSR count). The summed E-state index contributed by atoms with van der Waals surface area (Å²) in [6.45, 7) is 0. The van der Waals surface area contributed by atoms with Crippen molar-refractivity contribution in [1.29, 1.82) is 0 Å². The first-order chi connectivity index (χ1) is 2.81. The minimum atomic E-state index is -0.307. The largest absolute Gasteiger partial charge is 1.00 e. The molecule has 0 atom stereocenters. The zero-order chi connectivity index (χ0) is 4.99. The Labute approximate surface area is 106 Å². The van der Waals surface area contributed by atoms with Gasteiger partial charge in [-0.15, -0.1) is 0 Å². The van der Waals surface area contributed by atoms with Crippen LogP contribution >= 0.6 is 35.6 Å². The number of carbonyl (C=O) groups is 1. The first-order valence-corrected chi connectivity index (χ1v) is 2.75. The number of carbonyl (C=O) groups excluding carboxylic acids is 1. The Kier molecular flexibility index (Phi) is 13.9. The third-order valence-electron chi connectivity index (χ3n) is 0.215. The zero-order valence-electron chi connectivity index (χ0n) is 4.85. The van der Waals surface area contributed by atoms with Gasteiger partial charge in [0.2, 0.25) is 0 Å². The molecule has 0 heterocycles. The number of hydrogen-bond acceptors (Lipinski definition) is 3. The molecule has 38 valence electrons. The third kappa shape index (κ3) is 8.19. The maximum absolute atomic E-state index is 9.87. The van der Waals surface area contributed by atoms with Crippen LogP contribution in [0.3, 0.4) is 0 Å². The van der Waals surface area contributed by atoms with Gasteiger partial charge in [-0.3, -0.25) is 4.79 Å². The van der Waals surface area contributed by atoms with Crippen LogP contribution in [-0.4, -0.2) is 11.7 Å². The molecule has 0 aliphatic rings. The van der Waals surface area contributed by atoms with Gasteiger partial charge in [-0.1, -0.05) is 0 Å². The molecule has 0 saturated carbocycles. The molecule has 0 aromatic carbocycles. The summed E-state index contributed by atoms with van der Waals surface area (Å²) in [4.78, 5) is 9.87. The van der Waals surface area contributed by atoms with Crippen LogP contribution in [0.15, 0.2) is 0 Å². The Balaban J connectivity index is -0.000000125. The molecule has 0 unspecified atom stereocenters. The van der Waals surface area contributed by atoms with Crippen LogP contribution in [0.4, 0.5) is 0 Å². The first kappa shape index (κ1) is 11.9. The van der Waals surface area contributed by atoms with Crippen molar-refractivity contribution in [2.75, 3.05) is 5.75 Å². The Morgan fingerprint density at radius 2 is 2.43 bits per heavy atom. The summed E-state index contributed by atoms with van der Waals surface area (Å²) in [5, 5.41) is 0. The Hall–Kier alpha value is 2.19. The molecular formula is C2H4IKO2S. The van der Waals surface area contributed by atoms with Crippen LogP contribution in [0, 0.1) is 0 Å². The molecule has 0 aliphatic heterocycles. The van der Waals surface area contributed by atoms with E-state index in [2.05, 4.69) is 15.7 Å². The van der Waals surface area contributed by atoms with E-state index in [1.54, 1.807) is 0 Å². The van der Waals surface area contributed by atoms with Crippen LogP contribution < -0.4 is 51.4 Å². The van der Waals surface area contributed by atoms with Gasteiger partial charge >= 0.3 is 57.4 Å². The molecule has 0 aliphatic carbocycles. The number of thiol groups is 1. The molecule has 0 radical (unpaired) electrons. The second-order valence-electron chi connectivity index (χ2n) is 0.607. The third-order valence-corrected chi connectivity index (χ3v) is 0.965. The maximum atomic E-state index is 9.87. The van der Waals surface area contributed by atoms with Crippen molar-refractivity contribution in [3.63, 3.8) is 0 Å². The second kappa shape index (κ2) is 8.19. The molecule has 0 aromatic heterocycles. The fourth-order valence-electron chi connectivity index (χ4n) is 0.0244. The topological polar surface area (TPSA) is 26.3 Å². The molecule has 7 heavy (non-hydrogen) atoms. The molecule has 5 heteroatoms. The standard InChI is InChI=1S/C2H3IO2S.K.H/c3-5-2(4)1-6;;/h6H,1H2;;/q;+1;-1. The number of hydrogen-bond donors (Lipinski definition) is 1. The van der Waals surface area contributed by atoms with Crippen LogP contribution in [0.1, 0.15) is 1.43 Å². The fraction of sp³-hybridized carbons (Fsp3) is 0.500. The molecule has 0 fully saturated rings. The van der Waals surface area contributed by atoms with Gasteiger partial charge in [-0.25, -0.2) is 0 Å². The normalized spacial score (nSPS) is 6.57. The summed E-state index contributed by atoms with van der Waals surface area (Å²) in [7, 11) is 0. The summed E-state index contributed by atoms with van der Waals surface area (Å²) in [5.74, 6) is -0.151. The van der Waals surface area contributed by atoms with Crippen molar-refractivity contribution < 1.29 is 60.7 Å². The maximum Gasteiger partial charge on any atom is 1.00 e. The fourth-order valence-corrected chi connectivity index (χ4v) is 0.491. The van der Waals surface area contributed by atoms with E-state index in [1.807, 2.05) is 0 Å². The molecule has 0 saturated heterocycles. The smallest absolute Gasteiger partial charge is 1.00 e. The van der Waals surface area contributed by atoms with Crippen LogP contribution in [-0.2, 0) is 7.86 Å². The second-order valence-corrected chi connectivity index (χ2v) is 1.36. The minimum Gasteiger partial charge on any atom is -1.00 e. The monoisotopic (exact) mass is 258 g/mol. The quantitative estimate of drug-likeness (QED) is 0.332. The van der Waals surface area contributed by atoms with E-state index < -0.39 is 0 Å². The van der Waals surface area contributed by atoms with E-state index in [-0.39, 0.29) is 64.5 Å². The Bertz CT molecular complexity index is 58.0. The van der Waals surface area contributed by atoms with Crippen molar-refractivity contribution in [2.24, 2.45) is 0 Å². The van der Waals surface area contributed by atoms with Crippen LogP contribution in [0.5, 0.6) is 0 Å². The van der Waals surface area contributed by atoms with Crippen molar-refractivity contribution in [3.8, 4) is 0 Å². The number of rotatable bonds is 1. The van der Waals surface area contributed by atoms with Crippen molar-refractivity contribution in [2.45, 2.75) is 0 Å². The van der Waals surface area contributed by atoms with E-state index in [0.29, 0.717) is 0 Å². The SMILES string of the molecule is O=C(CS)OI.[H-].[K+]. The van der Waals surface area contributed by atoms with Gasteiger partial charge < -0.3 is 4.49 Å². The van der Waals surface area contributed by atoms with Gasteiger partial charge in [0.15, 0.2) is 23.0 Å². The van der Waals surface area contributed by atoms with E-state index in [9.17, 15) is 4.79 Å². The van der Waals surface area contributed by atoms with Crippen molar-refractivity contribution in [3.05, 3.63) is 0 Å². The molecule has 0 N–H and O–H groups in total. The minimum absolute atomic E-state index is 0. The molecule has 0 aromatic rings. The van der Waals surface area contributed by atoms with Crippen molar-refractivity contribution in [1.82, 2.24) is 0 Å². The van der Waals surface area contributed by atoms with Crippen LogP contribution in [0.2, 0.25) is 0 Å². The van der Waals surface area contributed by atoms with Gasteiger partial charge in [0.05, 0.1) is 5.75 Å². The average Bonchev–Trinajstić information content (AvgIpc) is 1.65. The Morgan fingerprint density at radius 3 is 2.43 bits per heavy atom. The van der Waals surface area contributed by atoms with E-state index >= 15 is 0 Å². The van der Waals surface area contributed by atoms with Gasteiger partial charge in [-0.05, 0) is 0 Å².